The molecule has 0 aromatic heterocycles. The largest absolute Gasteiger partial charge is 0.326 e. The molecule has 1 aliphatic rings. The molecule has 2 rings (SSSR count). The lowest BCUT2D eigenvalue weighted by atomic mass is 9.81. The van der Waals surface area contributed by atoms with E-state index < -0.39 is 0 Å². The molecule has 0 bridgehead atoms. The van der Waals surface area contributed by atoms with Gasteiger partial charge in [0.15, 0.2) is 0 Å². The highest BCUT2D eigenvalue weighted by Gasteiger charge is 2.44. The zero-order valence-electron chi connectivity index (χ0n) is 15.3. The number of nitrogens with zero attached hydrogens (tertiary/aromatic N) is 1. The van der Waals surface area contributed by atoms with Crippen molar-refractivity contribution in [2.24, 2.45) is 0 Å². The van der Waals surface area contributed by atoms with Crippen molar-refractivity contribution >= 4 is 23.2 Å². The van der Waals surface area contributed by atoms with Gasteiger partial charge in [0.2, 0.25) is 11.8 Å². The highest BCUT2D eigenvalue weighted by atomic mass is 16.2. The lowest BCUT2D eigenvalue weighted by molar-refractivity contribution is -0.115. The average Bonchev–Trinajstić information content (AvgIpc) is 2.59. The smallest absolute Gasteiger partial charge is 0.238 e. The van der Waals surface area contributed by atoms with Crippen LogP contribution in [0.5, 0.6) is 0 Å². The molecule has 1 aliphatic carbocycles. The second kappa shape index (κ2) is 5.94. The standard InChI is InChI=1S/C19H25N3O2/c1-11-14(21-12(2)23)9-13-16(17(11)22-15(24)7-8-20)19(5,6)10-18(13,3)4/h9H,7,10H2,1-6H3,(H,21,23)(H,22,24). The number of benzene rings is 1. The predicted octanol–water partition coefficient (Wildman–Crippen LogP) is 3.76. The molecule has 0 saturated carbocycles. The van der Waals surface area contributed by atoms with E-state index in [0.717, 1.165) is 28.8 Å². The zero-order chi connectivity index (χ0) is 18.3. The van der Waals surface area contributed by atoms with Gasteiger partial charge in [-0.25, -0.2) is 0 Å². The molecule has 0 aliphatic heterocycles. The quantitative estimate of drug-likeness (QED) is 0.886. The van der Waals surface area contributed by atoms with Gasteiger partial charge >= 0.3 is 0 Å². The van der Waals surface area contributed by atoms with Gasteiger partial charge in [0.25, 0.3) is 0 Å². The van der Waals surface area contributed by atoms with Crippen LogP contribution in [-0.4, -0.2) is 11.8 Å². The van der Waals surface area contributed by atoms with Crippen molar-refractivity contribution in [3.8, 4) is 6.07 Å². The van der Waals surface area contributed by atoms with Gasteiger partial charge in [-0.05, 0) is 46.9 Å². The van der Waals surface area contributed by atoms with E-state index in [1.165, 1.54) is 6.92 Å². The summed E-state index contributed by atoms with van der Waals surface area (Å²) in [7, 11) is 0. The molecule has 5 nitrogen and oxygen atoms in total. The molecule has 5 heteroatoms. The number of anilines is 2. The topological polar surface area (TPSA) is 82.0 Å². The first-order valence-corrected chi connectivity index (χ1v) is 8.12. The van der Waals surface area contributed by atoms with Crippen LogP contribution in [0.2, 0.25) is 0 Å². The summed E-state index contributed by atoms with van der Waals surface area (Å²) < 4.78 is 0. The van der Waals surface area contributed by atoms with Crippen molar-refractivity contribution in [2.75, 3.05) is 10.6 Å². The first-order valence-electron chi connectivity index (χ1n) is 8.12. The van der Waals surface area contributed by atoms with Crippen molar-refractivity contribution in [1.82, 2.24) is 0 Å². The minimum absolute atomic E-state index is 0.0611. The maximum atomic E-state index is 12.0. The summed E-state index contributed by atoms with van der Waals surface area (Å²) in [6, 6.07) is 3.91. The number of amides is 2. The predicted molar refractivity (Wildman–Crippen MR) is 95.0 cm³/mol. The van der Waals surface area contributed by atoms with E-state index in [4.69, 9.17) is 5.26 Å². The molecule has 0 unspecified atom stereocenters. The Morgan fingerprint density at radius 1 is 1.21 bits per heavy atom. The molecule has 0 saturated heterocycles. The molecular formula is C19H25N3O2. The maximum absolute atomic E-state index is 12.0. The molecule has 1 aromatic rings. The number of carbonyl (C=O) groups is 2. The Morgan fingerprint density at radius 2 is 1.83 bits per heavy atom. The van der Waals surface area contributed by atoms with Crippen molar-refractivity contribution in [3.63, 3.8) is 0 Å². The number of rotatable bonds is 3. The fourth-order valence-corrected chi connectivity index (χ4v) is 4.04. The molecule has 2 amide bonds. The molecule has 128 valence electrons. The van der Waals surface area contributed by atoms with Crippen LogP contribution in [-0.2, 0) is 20.4 Å². The third-order valence-electron chi connectivity index (χ3n) is 4.69. The lowest BCUT2D eigenvalue weighted by Crippen LogP contribution is -2.20. The van der Waals surface area contributed by atoms with Crippen LogP contribution >= 0.6 is 0 Å². The molecule has 0 atom stereocenters. The molecule has 2 N–H and O–H groups in total. The summed E-state index contributed by atoms with van der Waals surface area (Å²) >= 11 is 0. The minimum Gasteiger partial charge on any atom is -0.326 e. The minimum atomic E-state index is -0.330. The van der Waals surface area contributed by atoms with Crippen LogP contribution in [0.25, 0.3) is 0 Å². The van der Waals surface area contributed by atoms with E-state index in [1.807, 2.05) is 19.1 Å². The van der Waals surface area contributed by atoms with Gasteiger partial charge in [0.1, 0.15) is 6.42 Å². The van der Waals surface area contributed by atoms with Gasteiger partial charge < -0.3 is 10.6 Å². The van der Waals surface area contributed by atoms with Crippen LogP contribution in [0.15, 0.2) is 6.07 Å². The van der Waals surface area contributed by atoms with E-state index in [0.29, 0.717) is 5.69 Å². The van der Waals surface area contributed by atoms with Crippen molar-refractivity contribution in [2.45, 2.75) is 65.2 Å². The van der Waals surface area contributed by atoms with E-state index in [-0.39, 0.29) is 29.1 Å². The second-order valence-corrected chi connectivity index (χ2v) is 7.86. The Balaban J connectivity index is 2.71. The van der Waals surface area contributed by atoms with Crippen LogP contribution in [0.1, 0.15) is 64.2 Å². The Labute approximate surface area is 143 Å². The van der Waals surface area contributed by atoms with Gasteiger partial charge in [0, 0.05) is 18.3 Å². The number of carbonyl (C=O) groups excluding carboxylic acids is 2. The third-order valence-corrected chi connectivity index (χ3v) is 4.69. The fraction of sp³-hybridized carbons (Fsp3) is 0.526. The molecule has 24 heavy (non-hydrogen) atoms. The van der Waals surface area contributed by atoms with Crippen LogP contribution < -0.4 is 10.6 Å². The second-order valence-electron chi connectivity index (χ2n) is 7.86. The summed E-state index contributed by atoms with van der Waals surface area (Å²) in [4.78, 5) is 23.6. The Kier molecular flexibility index (Phi) is 4.45. The number of nitrogens with one attached hydrogen (secondary N) is 2. The SMILES string of the molecule is CC(=O)Nc1cc2c(c(NC(=O)CC#N)c1C)C(C)(C)CC2(C)C. The monoisotopic (exact) mass is 327 g/mol. The first kappa shape index (κ1) is 18.0. The van der Waals surface area contributed by atoms with Gasteiger partial charge in [-0.1, -0.05) is 27.7 Å². The first-order chi connectivity index (χ1) is 11.0. The zero-order valence-corrected chi connectivity index (χ0v) is 15.3. The number of fused-ring (bicyclic) bond motifs is 1. The van der Waals surface area contributed by atoms with Crippen LogP contribution in [0.3, 0.4) is 0 Å². The Morgan fingerprint density at radius 3 is 2.38 bits per heavy atom. The van der Waals surface area contributed by atoms with Crippen LogP contribution in [0, 0.1) is 18.3 Å². The summed E-state index contributed by atoms with van der Waals surface area (Å²) in [6.07, 6.45) is 0.752. The maximum Gasteiger partial charge on any atom is 0.238 e. The van der Waals surface area contributed by atoms with Crippen LogP contribution in [0.4, 0.5) is 11.4 Å². The molecule has 1 aromatic carbocycles. The summed E-state index contributed by atoms with van der Waals surface area (Å²) in [6.45, 7) is 12.0. The van der Waals surface area contributed by atoms with E-state index >= 15 is 0 Å². The third kappa shape index (κ3) is 3.14. The molecular weight excluding hydrogens is 302 g/mol. The Hall–Kier alpha value is -2.35. The number of hydrogen-bond acceptors (Lipinski definition) is 3. The molecule has 0 spiro atoms. The molecule has 0 fully saturated rings. The Bertz CT molecular complexity index is 755. The van der Waals surface area contributed by atoms with Gasteiger partial charge in [-0.2, -0.15) is 5.26 Å². The summed E-state index contributed by atoms with van der Waals surface area (Å²) in [5.74, 6) is -0.481. The average molecular weight is 327 g/mol. The summed E-state index contributed by atoms with van der Waals surface area (Å²) in [5.41, 5.74) is 4.33. The van der Waals surface area contributed by atoms with Crippen molar-refractivity contribution in [3.05, 3.63) is 22.8 Å². The van der Waals surface area contributed by atoms with E-state index in [2.05, 4.69) is 38.3 Å². The highest BCUT2D eigenvalue weighted by molar-refractivity contribution is 5.97. The highest BCUT2D eigenvalue weighted by Crippen LogP contribution is 2.54. The number of nitriles is 1. The van der Waals surface area contributed by atoms with Gasteiger partial charge in [0.05, 0.1) is 6.07 Å². The van der Waals surface area contributed by atoms with Gasteiger partial charge in [-0.15, -0.1) is 0 Å². The van der Waals surface area contributed by atoms with E-state index in [9.17, 15) is 9.59 Å². The van der Waals surface area contributed by atoms with Crippen molar-refractivity contribution in [1.29, 1.82) is 5.26 Å². The molecule has 0 radical (unpaired) electrons. The number of hydrogen-bond donors (Lipinski definition) is 2. The van der Waals surface area contributed by atoms with E-state index in [1.54, 1.807) is 0 Å². The summed E-state index contributed by atoms with van der Waals surface area (Å²) in [5, 5.41) is 14.5. The van der Waals surface area contributed by atoms with Gasteiger partial charge in [-0.3, -0.25) is 9.59 Å². The van der Waals surface area contributed by atoms with Crippen molar-refractivity contribution < 1.29 is 9.59 Å². The molecule has 0 heterocycles. The fourth-order valence-electron chi connectivity index (χ4n) is 4.04. The normalized spacial score (nSPS) is 16.9. The lowest BCUT2D eigenvalue weighted by Gasteiger charge is -2.25.